The van der Waals surface area contributed by atoms with Gasteiger partial charge in [0.15, 0.2) is 5.58 Å². The fraction of sp³-hybridized carbons (Fsp3) is 0.278. The lowest BCUT2D eigenvalue weighted by molar-refractivity contribution is 0.169. The van der Waals surface area contributed by atoms with Crippen LogP contribution in [0, 0.1) is 0 Å². The number of ether oxygens (including phenoxy) is 1. The van der Waals surface area contributed by atoms with Crippen LogP contribution in [0.15, 0.2) is 52.9 Å². The summed E-state index contributed by atoms with van der Waals surface area (Å²) in [5.74, 6) is 0.759. The van der Waals surface area contributed by atoms with Crippen molar-refractivity contribution < 1.29 is 9.15 Å². The highest BCUT2D eigenvalue weighted by Gasteiger charge is 2.24. The molecule has 0 saturated carbocycles. The number of nitrogens with zero attached hydrogens (tertiary/aromatic N) is 2. The second kappa shape index (κ2) is 6.13. The predicted molar refractivity (Wildman–Crippen MR) is 91.3 cm³/mol. The van der Waals surface area contributed by atoms with Gasteiger partial charge in [-0.1, -0.05) is 35.9 Å². The van der Waals surface area contributed by atoms with E-state index in [0.717, 1.165) is 42.8 Å². The average molecular weight is 329 g/mol. The lowest BCUT2D eigenvalue weighted by atomic mass is 10.1. The molecule has 2 heterocycles. The Morgan fingerprint density at radius 2 is 1.78 bits per heavy atom. The van der Waals surface area contributed by atoms with Gasteiger partial charge in [0.2, 0.25) is 0 Å². The Balaban J connectivity index is 1.41. The zero-order valence-electron chi connectivity index (χ0n) is 12.6. The summed E-state index contributed by atoms with van der Waals surface area (Å²) in [5, 5.41) is 0.661. The van der Waals surface area contributed by atoms with Crippen molar-refractivity contribution in [3.8, 4) is 5.75 Å². The van der Waals surface area contributed by atoms with Gasteiger partial charge >= 0.3 is 0 Å². The van der Waals surface area contributed by atoms with Crippen molar-refractivity contribution in [3.05, 3.63) is 53.6 Å². The normalized spacial score (nSPS) is 16.0. The molecule has 3 aromatic rings. The molecule has 0 atom stereocenters. The van der Waals surface area contributed by atoms with Gasteiger partial charge in [0.1, 0.15) is 17.4 Å². The first-order valence-corrected chi connectivity index (χ1v) is 8.19. The first kappa shape index (κ1) is 14.4. The molecule has 2 aromatic carbocycles. The van der Waals surface area contributed by atoms with Gasteiger partial charge in [-0.25, -0.2) is 0 Å². The minimum atomic E-state index is 0.176. The van der Waals surface area contributed by atoms with Crippen molar-refractivity contribution in [1.29, 1.82) is 0 Å². The number of hydrogen-bond donors (Lipinski definition) is 0. The van der Waals surface area contributed by atoms with E-state index in [9.17, 15) is 0 Å². The van der Waals surface area contributed by atoms with E-state index >= 15 is 0 Å². The standard InChI is InChI=1S/C18H17ClN2O2/c19-14-5-1-3-7-16(14)22-13-9-11-21(12-10-13)18-20-15-6-2-4-8-17(15)23-18/h1-8,13H,9-12H2. The van der Waals surface area contributed by atoms with E-state index in [4.69, 9.17) is 20.8 Å². The first-order valence-electron chi connectivity index (χ1n) is 7.81. The third-order valence-corrected chi connectivity index (χ3v) is 4.44. The Kier molecular flexibility index (Phi) is 3.83. The molecule has 0 spiro atoms. The maximum absolute atomic E-state index is 6.15. The van der Waals surface area contributed by atoms with Gasteiger partial charge in [0, 0.05) is 25.9 Å². The number of anilines is 1. The fourth-order valence-electron chi connectivity index (χ4n) is 2.88. The van der Waals surface area contributed by atoms with Gasteiger partial charge < -0.3 is 14.1 Å². The summed E-state index contributed by atoms with van der Waals surface area (Å²) in [4.78, 5) is 6.73. The van der Waals surface area contributed by atoms with E-state index in [1.165, 1.54) is 0 Å². The van der Waals surface area contributed by atoms with Gasteiger partial charge in [-0.15, -0.1) is 0 Å². The van der Waals surface area contributed by atoms with Crippen molar-refractivity contribution in [2.24, 2.45) is 0 Å². The third kappa shape index (κ3) is 2.99. The molecule has 1 aliphatic heterocycles. The van der Waals surface area contributed by atoms with Crippen LogP contribution in [0.2, 0.25) is 5.02 Å². The van der Waals surface area contributed by atoms with E-state index in [1.807, 2.05) is 48.5 Å². The average Bonchev–Trinajstić information content (AvgIpc) is 3.02. The number of fused-ring (bicyclic) bond motifs is 1. The van der Waals surface area contributed by atoms with E-state index < -0.39 is 0 Å². The molecule has 0 unspecified atom stereocenters. The summed E-state index contributed by atoms with van der Waals surface area (Å²) in [6.07, 6.45) is 2.02. The maximum Gasteiger partial charge on any atom is 0.298 e. The monoisotopic (exact) mass is 328 g/mol. The van der Waals surface area contributed by atoms with Crippen LogP contribution in [0.3, 0.4) is 0 Å². The van der Waals surface area contributed by atoms with Crippen molar-refractivity contribution >= 4 is 28.7 Å². The number of benzene rings is 2. The summed E-state index contributed by atoms with van der Waals surface area (Å²) >= 11 is 6.15. The molecule has 23 heavy (non-hydrogen) atoms. The predicted octanol–water partition coefficient (Wildman–Crippen LogP) is 4.53. The Labute approximate surface area is 139 Å². The highest BCUT2D eigenvalue weighted by atomic mass is 35.5. The molecular weight excluding hydrogens is 312 g/mol. The third-order valence-electron chi connectivity index (χ3n) is 4.13. The van der Waals surface area contributed by atoms with Crippen molar-refractivity contribution in [2.75, 3.05) is 18.0 Å². The summed E-state index contributed by atoms with van der Waals surface area (Å²) in [7, 11) is 0. The number of para-hydroxylation sites is 3. The topological polar surface area (TPSA) is 38.5 Å². The minimum absolute atomic E-state index is 0.176. The Morgan fingerprint density at radius 3 is 2.57 bits per heavy atom. The maximum atomic E-state index is 6.15. The lowest BCUT2D eigenvalue weighted by Gasteiger charge is -2.31. The van der Waals surface area contributed by atoms with Crippen molar-refractivity contribution in [3.63, 3.8) is 0 Å². The molecule has 4 rings (SSSR count). The number of rotatable bonds is 3. The van der Waals surface area contributed by atoms with Crippen LogP contribution in [0.5, 0.6) is 5.75 Å². The first-order chi connectivity index (χ1) is 11.3. The highest BCUT2D eigenvalue weighted by molar-refractivity contribution is 6.32. The summed E-state index contributed by atoms with van der Waals surface area (Å²) in [6, 6.07) is 16.1. The second-order valence-corrected chi connectivity index (χ2v) is 6.11. The largest absolute Gasteiger partial charge is 0.489 e. The van der Waals surface area contributed by atoms with Crippen molar-refractivity contribution in [1.82, 2.24) is 4.98 Å². The molecule has 4 nitrogen and oxygen atoms in total. The van der Waals surface area contributed by atoms with E-state index in [-0.39, 0.29) is 6.10 Å². The fourth-order valence-corrected chi connectivity index (χ4v) is 3.06. The van der Waals surface area contributed by atoms with Crippen LogP contribution in [-0.2, 0) is 0 Å². The lowest BCUT2D eigenvalue weighted by Crippen LogP contribution is -2.38. The molecule has 5 heteroatoms. The summed E-state index contributed by atoms with van der Waals surface area (Å²) in [5.41, 5.74) is 1.73. The smallest absolute Gasteiger partial charge is 0.298 e. The molecule has 0 amide bonds. The van der Waals surface area contributed by atoms with Crippen LogP contribution in [-0.4, -0.2) is 24.2 Å². The minimum Gasteiger partial charge on any atom is -0.489 e. The number of oxazole rings is 1. The van der Waals surface area contributed by atoms with Crippen LogP contribution in [0.1, 0.15) is 12.8 Å². The van der Waals surface area contributed by atoms with Crippen molar-refractivity contribution in [2.45, 2.75) is 18.9 Å². The van der Waals surface area contributed by atoms with Gasteiger partial charge in [-0.3, -0.25) is 0 Å². The molecule has 118 valence electrons. The van der Waals surface area contributed by atoms with Crippen LogP contribution in [0.25, 0.3) is 11.1 Å². The quantitative estimate of drug-likeness (QED) is 0.708. The van der Waals surface area contributed by atoms with Gasteiger partial charge in [0.05, 0.1) is 5.02 Å². The molecule has 0 aliphatic carbocycles. The zero-order valence-corrected chi connectivity index (χ0v) is 13.4. The zero-order chi connectivity index (χ0) is 15.6. The van der Waals surface area contributed by atoms with E-state index in [0.29, 0.717) is 11.0 Å². The molecular formula is C18H17ClN2O2. The number of piperidine rings is 1. The van der Waals surface area contributed by atoms with Crippen LogP contribution >= 0.6 is 11.6 Å². The molecule has 0 bridgehead atoms. The molecule has 0 N–H and O–H groups in total. The van der Waals surface area contributed by atoms with Gasteiger partial charge in [-0.2, -0.15) is 4.98 Å². The Bertz CT molecular complexity index is 776. The molecule has 1 saturated heterocycles. The second-order valence-electron chi connectivity index (χ2n) is 5.70. The Hall–Kier alpha value is -2.20. The van der Waals surface area contributed by atoms with Crippen LogP contribution in [0.4, 0.5) is 6.01 Å². The van der Waals surface area contributed by atoms with Crippen LogP contribution < -0.4 is 9.64 Å². The van der Waals surface area contributed by atoms with Gasteiger partial charge in [-0.05, 0) is 24.3 Å². The molecule has 1 fully saturated rings. The summed E-state index contributed by atoms with van der Waals surface area (Å²) < 4.78 is 11.9. The molecule has 1 aromatic heterocycles. The molecule has 1 aliphatic rings. The number of hydrogen-bond acceptors (Lipinski definition) is 4. The SMILES string of the molecule is Clc1ccccc1OC1CCN(c2nc3ccccc3o2)CC1. The van der Waals surface area contributed by atoms with E-state index in [2.05, 4.69) is 9.88 Å². The van der Waals surface area contributed by atoms with E-state index in [1.54, 1.807) is 0 Å². The molecule has 0 radical (unpaired) electrons. The highest BCUT2D eigenvalue weighted by Crippen LogP contribution is 2.29. The van der Waals surface area contributed by atoms with Gasteiger partial charge in [0.25, 0.3) is 6.01 Å². The number of halogens is 1. The Morgan fingerprint density at radius 1 is 1.04 bits per heavy atom. The summed E-state index contributed by atoms with van der Waals surface area (Å²) in [6.45, 7) is 1.73. The number of aromatic nitrogens is 1.